The van der Waals surface area contributed by atoms with Crippen LogP contribution in [-0.2, 0) is 23.5 Å². The van der Waals surface area contributed by atoms with Crippen LogP contribution in [-0.4, -0.2) is 49.8 Å². The number of alkyl carbamates (subject to hydrolysis) is 1. The molecule has 3 rings (SSSR count). The monoisotopic (exact) mass is 431 g/mol. The van der Waals surface area contributed by atoms with E-state index >= 15 is 0 Å². The molecule has 31 heavy (non-hydrogen) atoms. The molecule has 0 aliphatic carbocycles. The highest BCUT2D eigenvalue weighted by molar-refractivity contribution is 6.56. The zero-order valence-electron chi connectivity index (χ0n) is 19.6. The SMILES string of the molecule is CC(C)(C)OC(=O)NCC(=Cc1ccccc1C1OCCO1)B1OC(C)(C)C(C)(C)O1. The fourth-order valence-electron chi connectivity index (χ4n) is 3.28. The Morgan fingerprint density at radius 2 is 1.71 bits per heavy atom. The minimum atomic E-state index is -0.613. The van der Waals surface area contributed by atoms with Crippen LogP contribution in [0.5, 0.6) is 0 Å². The summed E-state index contributed by atoms with van der Waals surface area (Å²) >= 11 is 0. The van der Waals surface area contributed by atoms with Crippen LogP contribution in [0.15, 0.2) is 29.7 Å². The van der Waals surface area contributed by atoms with Gasteiger partial charge in [-0.05, 0) is 59.5 Å². The van der Waals surface area contributed by atoms with Crippen LogP contribution in [0.4, 0.5) is 4.79 Å². The van der Waals surface area contributed by atoms with E-state index in [2.05, 4.69) is 5.32 Å². The van der Waals surface area contributed by atoms with Crippen LogP contribution in [0.2, 0.25) is 0 Å². The van der Waals surface area contributed by atoms with E-state index in [1.165, 1.54) is 0 Å². The van der Waals surface area contributed by atoms with Gasteiger partial charge in [0, 0.05) is 12.1 Å². The van der Waals surface area contributed by atoms with Crippen molar-refractivity contribution in [2.75, 3.05) is 19.8 Å². The molecule has 2 saturated heterocycles. The lowest BCUT2D eigenvalue weighted by molar-refractivity contribution is -0.0442. The van der Waals surface area contributed by atoms with Gasteiger partial charge in [0.25, 0.3) is 0 Å². The molecule has 2 heterocycles. The molecule has 0 saturated carbocycles. The van der Waals surface area contributed by atoms with E-state index in [0.717, 1.165) is 16.6 Å². The van der Waals surface area contributed by atoms with Gasteiger partial charge in [0.1, 0.15) is 5.60 Å². The summed E-state index contributed by atoms with van der Waals surface area (Å²) in [5, 5.41) is 2.83. The summed E-state index contributed by atoms with van der Waals surface area (Å²) in [5.74, 6) is 0. The van der Waals surface area contributed by atoms with Crippen molar-refractivity contribution >= 4 is 19.3 Å². The van der Waals surface area contributed by atoms with Crippen molar-refractivity contribution < 1.29 is 28.3 Å². The Labute approximate surface area is 185 Å². The van der Waals surface area contributed by atoms with E-state index in [4.69, 9.17) is 23.5 Å². The molecule has 7 nitrogen and oxygen atoms in total. The lowest BCUT2D eigenvalue weighted by atomic mass is 9.76. The van der Waals surface area contributed by atoms with Gasteiger partial charge in [0.15, 0.2) is 6.29 Å². The van der Waals surface area contributed by atoms with Gasteiger partial charge in [-0.3, -0.25) is 0 Å². The molecule has 0 atom stereocenters. The third-order valence-corrected chi connectivity index (χ3v) is 5.60. The first-order chi connectivity index (χ1) is 14.4. The van der Waals surface area contributed by atoms with Crippen LogP contribution in [0.1, 0.15) is 65.9 Å². The van der Waals surface area contributed by atoms with E-state index in [-0.39, 0.29) is 6.54 Å². The average molecular weight is 431 g/mol. The van der Waals surface area contributed by atoms with Crippen LogP contribution >= 0.6 is 0 Å². The zero-order valence-corrected chi connectivity index (χ0v) is 19.6. The highest BCUT2D eigenvalue weighted by Crippen LogP contribution is 2.39. The highest BCUT2D eigenvalue weighted by Gasteiger charge is 2.52. The average Bonchev–Trinajstić information content (AvgIpc) is 3.24. The summed E-state index contributed by atoms with van der Waals surface area (Å²) in [5.41, 5.74) is 1.04. The lowest BCUT2D eigenvalue weighted by Gasteiger charge is -2.32. The van der Waals surface area contributed by atoms with Gasteiger partial charge in [-0.15, -0.1) is 0 Å². The highest BCUT2D eigenvalue weighted by atomic mass is 16.7. The van der Waals surface area contributed by atoms with Crippen LogP contribution in [0.3, 0.4) is 0 Å². The first-order valence-corrected chi connectivity index (χ1v) is 10.7. The van der Waals surface area contributed by atoms with Crippen molar-refractivity contribution in [1.29, 1.82) is 0 Å². The molecule has 0 aromatic heterocycles. The van der Waals surface area contributed by atoms with Gasteiger partial charge in [0.2, 0.25) is 0 Å². The Morgan fingerprint density at radius 3 is 2.29 bits per heavy atom. The van der Waals surface area contributed by atoms with Crippen LogP contribution < -0.4 is 5.32 Å². The predicted molar refractivity (Wildman–Crippen MR) is 119 cm³/mol. The summed E-state index contributed by atoms with van der Waals surface area (Å²) < 4.78 is 29.3. The zero-order chi connectivity index (χ0) is 22.9. The van der Waals surface area contributed by atoms with Gasteiger partial charge < -0.3 is 28.8 Å². The molecule has 2 aliphatic rings. The quantitative estimate of drug-likeness (QED) is 0.702. The summed E-state index contributed by atoms with van der Waals surface area (Å²) in [6.07, 6.45) is 1.07. The van der Waals surface area contributed by atoms with Gasteiger partial charge in [-0.2, -0.15) is 0 Å². The number of ether oxygens (including phenoxy) is 3. The van der Waals surface area contributed by atoms with E-state index < -0.39 is 36.3 Å². The van der Waals surface area contributed by atoms with Crippen LogP contribution in [0, 0.1) is 0 Å². The Kier molecular flexibility index (Phi) is 6.86. The van der Waals surface area contributed by atoms with Crippen molar-refractivity contribution in [3.05, 3.63) is 40.9 Å². The normalized spacial score (nSPS) is 21.4. The summed E-state index contributed by atoms with van der Waals surface area (Å²) in [4.78, 5) is 12.3. The number of amides is 1. The standard InChI is InChI=1S/C23H34BNO6/c1-21(2,3)29-20(26)25-15-17(24-30-22(4,5)23(6,7)31-24)14-16-10-8-9-11-18(16)19-27-12-13-28-19/h8-11,14,19H,12-13,15H2,1-7H3,(H,25,26). The van der Waals surface area contributed by atoms with Gasteiger partial charge in [-0.1, -0.05) is 30.3 Å². The largest absolute Gasteiger partial charge is 0.492 e. The maximum absolute atomic E-state index is 12.3. The number of hydrogen-bond donors (Lipinski definition) is 1. The molecular weight excluding hydrogens is 397 g/mol. The lowest BCUT2D eigenvalue weighted by Crippen LogP contribution is -2.41. The number of carbonyl (C=O) groups is 1. The van der Waals surface area contributed by atoms with Gasteiger partial charge in [0.05, 0.1) is 24.4 Å². The summed E-state index contributed by atoms with van der Waals surface area (Å²) in [6, 6.07) is 7.86. The molecule has 1 aromatic rings. The molecule has 170 valence electrons. The maximum Gasteiger partial charge on any atom is 0.492 e. The van der Waals surface area contributed by atoms with Crippen molar-refractivity contribution in [3.63, 3.8) is 0 Å². The third kappa shape index (κ3) is 5.89. The Morgan fingerprint density at radius 1 is 1.13 bits per heavy atom. The summed E-state index contributed by atoms with van der Waals surface area (Å²) in [6.45, 7) is 14.8. The molecule has 0 radical (unpaired) electrons. The van der Waals surface area contributed by atoms with Crippen molar-refractivity contribution in [2.45, 2.75) is 71.6 Å². The molecule has 8 heteroatoms. The first kappa shape index (κ1) is 23.8. The van der Waals surface area contributed by atoms with Gasteiger partial charge in [-0.25, -0.2) is 4.79 Å². The topological polar surface area (TPSA) is 75.3 Å². The molecule has 1 N–H and O–H groups in total. The Balaban J connectivity index is 1.89. The van der Waals surface area contributed by atoms with E-state index in [1.807, 2.05) is 78.8 Å². The third-order valence-electron chi connectivity index (χ3n) is 5.60. The minimum absolute atomic E-state index is 0.215. The number of hydrogen-bond acceptors (Lipinski definition) is 6. The second-order valence-electron chi connectivity index (χ2n) is 9.87. The number of benzene rings is 1. The molecule has 1 amide bonds. The molecule has 0 bridgehead atoms. The van der Waals surface area contributed by atoms with Crippen molar-refractivity contribution in [1.82, 2.24) is 5.32 Å². The molecule has 0 spiro atoms. The van der Waals surface area contributed by atoms with E-state index in [9.17, 15) is 4.79 Å². The van der Waals surface area contributed by atoms with E-state index in [1.54, 1.807) is 0 Å². The molecule has 0 unspecified atom stereocenters. The fourth-order valence-corrected chi connectivity index (χ4v) is 3.28. The Hall–Kier alpha value is -1.87. The number of nitrogens with one attached hydrogen (secondary N) is 1. The van der Waals surface area contributed by atoms with Gasteiger partial charge >= 0.3 is 13.2 Å². The molecule has 1 aromatic carbocycles. The number of rotatable bonds is 5. The first-order valence-electron chi connectivity index (χ1n) is 10.7. The fraction of sp³-hybridized carbons (Fsp3) is 0.609. The maximum atomic E-state index is 12.3. The predicted octanol–water partition coefficient (Wildman–Crippen LogP) is 4.27. The molecule has 2 aliphatic heterocycles. The second-order valence-corrected chi connectivity index (χ2v) is 9.87. The smallest absolute Gasteiger partial charge is 0.444 e. The number of carbonyl (C=O) groups excluding carboxylic acids is 1. The van der Waals surface area contributed by atoms with Crippen molar-refractivity contribution in [3.8, 4) is 0 Å². The minimum Gasteiger partial charge on any atom is -0.444 e. The Bertz CT molecular complexity index is 808. The van der Waals surface area contributed by atoms with E-state index in [0.29, 0.717) is 13.2 Å². The molecular formula is C23H34BNO6. The summed E-state index contributed by atoms with van der Waals surface area (Å²) in [7, 11) is -0.613. The van der Waals surface area contributed by atoms with Crippen LogP contribution in [0.25, 0.3) is 6.08 Å². The van der Waals surface area contributed by atoms with Crippen molar-refractivity contribution in [2.24, 2.45) is 0 Å². The second kappa shape index (κ2) is 8.94. The molecule has 2 fully saturated rings.